The lowest BCUT2D eigenvalue weighted by molar-refractivity contribution is -0.139. The summed E-state index contributed by atoms with van der Waals surface area (Å²) in [6.45, 7) is 1.03. The predicted molar refractivity (Wildman–Crippen MR) is 106 cm³/mol. The molecule has 2 aromatic carbocycles. The van der Waals surface area contributed by atoms with Crippen molar-refractivity contribution in [2.24, 2.45) is 5.73 Å². The maximum Gasteiger partial charge on any atom is 0.419 e. The molecule has 0 fully saturated rings. The molecule has 0 aliphatic carbocycles. The second-order valence-electron chi connectivity index (χ2n) is 6.82. The van der Waals surface area contributed by atoms with Gasteiger partial charge in [-0.05, 0) is 36.8 Å². The maximum absolute atomic E-state index is 14.7. The third-order valence-corrected chi connectivity index (χ3v) is 4.68. The van der Waals surface area contributed by atoms with Gasteiger partial charge in [0.2, 0.25) is 11.6 Å². The molecule has 0 aliphatic rings. The number of ketones is 1. The number of aromatic nitrogens is 1. The highest BCUT2D eigenvalue weighted by atomic mass is 19.4. The summed E-state index contributed by atoms with van der Waals surface area (Å²) in [5.74, 6) is -9.37. The number of hydrogen-bond donors (Lipinski definition) is 1. The SMILES string of the molecule is COc1c(Oc2c(C(N)=O)cc(F)c(C(F)(F)F)c2-c2ccncc2C(C)=O)ccc(F)c1F. The predicted octanol–water partition coefficient (Wildman–Crippen LogP) is 5.29. The lowest BCUT2D eigenvalue weighted by Gasteiger charge is -2.22. The molecule has 0 atom stereocenters. The van der Waals surface area contributed by atoms with Gasteiger partial charge in [-0.3, -0.25) is 14.6 Å². The van der Waals surface area contributed by atoms with Crippen molar-refractivity contribution in [2.45, 2.75) is 13.1 Å². The molecule has 1 heterocycles. The molecule has 34 heavy (non-hydrogen) atoms. The third-order valence-electron chi connectivity index (χ3n) is 4.68. The summed E-state index contributed by atoms with van der Waals surface area (Å²) < 4.78 is 94.7. The minimum atomic E-state index is -5.34. The third kappa shape index (κ3) is 4.38. The van der Waals surface area contributed by atoms with Crippen LogP contribution < -0.4 is 15.2 Å². The number of nitrogens with two attached hydrogens (primary N) is 1. The summed E-state index contributed by atoms with van der Waals surface area (Å²) in [6, 6.07) is 2.59. The summed E-state index contributed by atoms with van der Waals surface area (Å²) in [5.41, 5.74) is 0.580. The topological polar surface area (TPSA) is 91.5 Å². The Morgan fingerprint density at radius 2 is 1.68 bits per heavy atom. The van der Waals surface area contributed by atoms with Crippen LogP contribution in [0.3, 0.4) is 0 Å². The minimum Gasteiger partial charge on any atom is -0.490 e. The normalized spacial score (nSPS) is 11.3. The number of amides is 1. The number of primary amides is 1. The van der Waals surface area contributed by atoms with Crippen LogP contribution in [0.5, 0.6) is 17.2 Å². The average molecular weight is 484 g/mol. The van der Waals surface area contributed by atoms with Crippen molar-refractivity contribution in [3.63, 3.8) is 0 Å². The molecule has 0 aliphatic heterocycles. The summed E-state index contributed by atoms with van der Waals surface area (Å²) in [4.78, 5) is 27.8. The molecule has 1 aromatic heterocycles. The van der Waals surface area contributed by atoms with Gasteiger partial charge in [-0.2, -0.15) is 17.6 Å². The van der Waals surface area contributed by atoms with Crippen molar-refractivity contribution in [3.8, 4) is 28.4 Å². The first-order valence-electron chi connectivity index (χ1n) is 9.27. The number of halogens is 6. The van der Waals surface area contributed by atoms with Crippen LogP contribution >= 0.6 is 0 Å². The monoisotopic (exact) mass is 484 g/mol. The molecule has 12 heteroatoms. The van der Waals surface area contributed by atoms with Gasteiger partial charge in [-0.1, -0.05) is 0 Å². The average Bonchev–Trinajstić information content (AvgIpc) is 2.76. The minimum absolute atomic E-state index is 0.199. The molecular weight excluding hydrogens is 470 g/mol. The Morgan fingerprint density at radius 3 is 2.24 bits per heavy atom. The molecule has 0 radical (unpaired) electrons. The van der Waals surface area contributed by atoms with E-state index in [1.54, 1.807) is 0 Å². The zero-order valence-corrected chi connectivity index (χ0v) is 17.4. The molecule has 2 N–H and O–H groups in total. The maximum atomic E-state index is 14.7. The van der Waals surface area contributed by atoms with Gasteiger partial charge >= 0.3 is 6.18 Å². The molecule has 0 unspecified atom stereocenters. The largest absolute Gasteiger partial charge is 0.490 e. The van der Waals surface area contributed by atoms with E-state index >= 15 is 0 Å². The number of rotatable bonds is 6. The molecule has 6 nitrogen and oxygen atoms in total. The summed E-state index contributed by atoms with van der Waals surface area (Å²) in [5, 5.41) is 0. The summed E-state index contributed by atoms with van der Waals surface area (Å²) >= 11 is 0. The molecular formula is C22H14F6N2O4. The van der Waals surface area contributed by atoms with Gasteiger partial charge in [0.05, 0.1) is 12.7 Å². The van der Waals surface area contributed by atoms with Crippen LogP contribution in [0.15, 0.2) is 36.7 Å². The fraction of sp³-hybridized carbons (Fsp3) is 0.136. The van der Waals surface area contributed by atoms with Gasteiger partial charge in [0.25, 0.3) is 5.91 Å². The van der Waals surface area contributed by atoms with Crippen LogP contribution in [0.25, 0.3) is 11.1 Å². The Bertz CT molecular complexity index is 1310. The summed E-state index contributed by atoms with van der Waals surface area (Å²) in [6.07, 6.45) is -3.38. The quantitative estimate of drug-likeness (QED) is 0.379. The number of methoxy groups -OCH3 is 1. The second-order valence-corrected chi connectivity index (χ2v) is 6.82. The first-order chi connectivity index (χ1) is 15.9. The van der Waals surface area contributed by atoms with E-state index in [1.165, 1.54) is 0 Å². The number of carbonyl (C=O) groups excluding carboxylic acids is 2. The Balaban J connectivity index is 2.51. The van der Waals surface area contributed by atoms with E-state index in [1.807, 2.05) is 0 Å². The lowest BCUT2D eigenvalue weighted by atomic mass is 9.91. The number of ether oxygens (including phenoxy) is 2. The van der Waals surface area contributed by atoms with Crippen LogP contribution in [-0.2, 0) is 6.18 Å². The van der Waals surface area contributed by atoms with Gasteiger partial charge in [0, 0.05) is 23.5 Å². The lowest BCUT2D eigenvalue weighted by Crippen LogP contribution is -2.18. The number of benzene rings is 2. The van der Waals surface area contributed by atoms with Crippen LogP contribution in [0, 0.1) is 17.5 Å². The second kappa shape index (κ2) is 9.04. The van der Waals surface area contributed by atoms with E-state index in [4.69, 9.17) is 15.2 Å². The number of alkyl halides is 3. The highest BCUT2D eigenvalue weighted by Crippen LogP contribution is 2.48. The van der Waals surface area contributed by atoms with Crippen molar-refractivity contribution < 1.29 is 45.4 Å². The number of carbonyl (C=O) groups is 2. The van der Waals surface area contributed by atoms with Crippen LogP contribution in [0.4, 0.5) is 26.3 Å². The Kier molecular flexibility index (Phi) is 6.53. The van der Waals surface area contributed by atoms with E-state index in [2.05, 4.69) is 4.98 Å². The first-order valence-corrected chi connectivity index (χ1v) is 9.27. The molecule has 0 spiro atoms. The number of Topliss-reactive ketones (excluding diaryl/α,β-unsaturated/α-hetero) is 1. The summed E-state index contributed by atoms with van der Waals surface area (Å²) in [7, 11) is 0.934. The van der Waals surface area contributed by atoms with Crippen molar-refractivity contribution in [2.75, 3.05) is 7.11 Å². The van der Waals surface area contributed by atoms with Gasteiger partial charge < -0.3 is 15.2 Å². The van der Waals surface area contributed by atoms with Crippen LogP contribution in [0.1, 0.15) is 33.2 Å². The van der Waals surface area contributed by atoms with Gasteiger partial charge in [0.1, 0.15) is 17.1 Å². The fourth-order valence-corrected chi connectivity index (χ4v) is 3.24. The van der Waals surface area contributed by atoms with Crippen LogP contribution in [-0.4, -0.2) is 23.8 Å². The molecule has 0 saturated heterocycles. The highest BCUT2D eigenvalue weighted by molar-refractivity contribution is 6.04. The molecule has 0 saturated carbocycles. The van der Waals surface area contributed by atoms with Crippen molar-refractivity contribution in [1.29, 1.82) is 0 Å². The number of hydrogen-bond acceptors (Lipinski definition) is 5. The van der Waals surface area contributed by atoms with E-state index in [-0.39, 0.29) is 11.6 Å². The van der Waals surface area contributed by atoms with Crippen molar-refractivity contribution in [3.05, 3.63) is 70.8 Å². The van der Waals surface area contributed by atoms with Gasteiger partial charge in [-0.25, -0.2) is 8.78 Å². The molecule has 1 amide bonds. The van der Waals surface area contributed by atoms with E-state index in [0.29, 0.717) is 6.07 Å². The number of nitrogens with zero attached hydrogens (tertiary/aromatic N) is 1. The first kappa shape index (κ1) is 24.6. The zero-order chi connectivity index (χ0) is 25.4. The van der Waals surface area contributed by atoms with Crippen molar-refractivity contribution in [1.82, 2.24) is 4.98 Å². The zero-order valence-electron chi connectivity index (χ0n) is 17.4. The fourth-order valence-electron chi connectivity index (χ4n) is 3.24. The Hall–Kier alpha value is -4.09. The van der Waals surface area contributed by atoms with Gasteiger partial charge in [-0.15, -0.1) is 0 Å². The molecule has 0 bridgehead atoms. The standard InChI is InChI=1S/C22H14F6N2O4/c1-9(31)12-8-30-6-5-10(12)16-17(22(26,27)28)14(24)7-11(21(29)32)19(16)34-15-4-3-13(23)18(25)20(15)33-2/h3-8H,1-2H3,(H2,29,32). The smallest absolute Gasteiger partial charge is 0.419 e. The molecule has 178 valence electrons. The molecule has 3 aromatic rings. The van der Waals surface area contributed by atoms with Crippen LogP contribution in [0.2, 0.25) is 0 Å². The van der Waals surface area contributed by atoms with E-state index in [9.17, 15) is 35.9 Å². The Labute approximate surface area is 187 Å². The van der Waals surface area contributed by atoms with Gasteiger partial charge in [0.15, 0.2) is 17.3 Å². The highest BCUT2D eigenvalue weighted by Gasteiger charge is 2.41. The van der Waals surface area contributed by atoms with Crippen molar-refractivity contribution >= 4 is 11.7 Å². The Morgan fingerprint density at radius 1 is 1.00 bits per heavy atom. The van der Waals surface area contributed by atoms with E-state index in [0.717, 1.165) is 38.6 Å². The van der Waals surface area contributed by atoms with E-state index < -0.39 is 74.8 Å². The molecule has 3 rings (SSSR count). The number of pyridine rings is 1.